The molecule has 0 saturated heterocycles. The van der Waals surface area contributed by atoms with Crippen molar-refractivity contribution in [2.75, 3.05) is 19.0 Å². The summed E-state index contributed by atoms with van der Waals surface area (Å²) in [5.41, 5.74) is 5.86. The Hall–Kier alpha value is -3.35. The van der Waals surface area contributed by atoms with E-state index in [0.29, 0.717) is 22.9 Å². The first kappa shape index (κ1) is 25.9. The number of nitrogens with zero attached hydrogens (tertiary/aromatic N) is 1. The highest BCUT2D eigenvalue weighted by molar-refractivity contribution is 7.18. The van der Waals surface area contributed by atoms with Crippen molar-refractivity contribution < 1.29 is 23.9 Å². The minimum atomic E-state index is -0.781. The Balaban J connectivity index is 2.38. The molecular weight excluding hydrogens is 466 g/mol. The molecule has 0 bridgehead atoms. The molecule has 1 aromatic heterocycles. The largest absolute Gasteiger partial charge is 0.493 e. The number of carbonyl (C=O) groups is 3. The van der Waals surface area contributed by atoms with Gasteiger partial charge < -0.3 is 20.5 Å². The smallest absolute Gasteiger partial charge is 0.341 e. The highest BCUT2D eigenvalue weighted by Crippen LogP contribution is 2.34. The van der Waals surface area contributed by atoms with Gasteiger partial charge in [-0.3, -0.25) is 9.59 Å². The van der Waals surface area contributed by atoms with E-state index in [1.807, 2.05) is 6.07 Å². The zero-order valence-electron chi connectivity index (χ0n) is 18.5. The molecular formula is C23H24ClN3O5S. The quantitative estimate of drug-likeness (QED) is 0.215. The normalized spacial score (nSPS) is 10.9. The van der Waals surface area contributed by atoms with Gasteiger partial charge in [-0.25, -0.2) is 4.79 Å². The van der Waals surface area contributed by atoms with Crippen molar-refractivity contribution in [1.82, 2.24) is 0 Å². The summed E-state index contributed by atoms with van der Waals surface area (Å²) in [4.78, 5) is 36.9. The predicted molar refractivity (Wildman–Crippen MR) is 128 cm³/mol. The van der Waals surface area contributed by atoms with E-state index < -0.39 is 17.8 Å². The number of hydrogen-bond acceptors (Lipinski definition) is 7. The van der Waals surface area contributed by atoms with Gasteiger partial charge >= 0.3 is 5.97 Å². The van der Waals surface area contributed by atoms with Crippen LogP contribution >= 0.6 is 22.9 Å². The fourth-order valence-electron chi connectivity index (χ4n) is 2.96. The number of ether oxygens (including phenoxy) is 2. The molecule has 33 heavy (non-hydrogen) atoms. The average Bonchev–Trinajstić information content (AvgIpc) is 3.11. The molecule has 0 aliphatic rings. The molecule has 0 saturated carbocycles. The lowest BCUT2D eigenvalue weighted by atomic mass is 10.1. The van der Waals surface area contributed by atoms with Gasteiger partial charge in [0.2, 0.25) is 0 Å². The Morgan fingerprint density at radius 1 is 1.30 bits per heavy atom. The van der Waals surface area contributed by atoms with Crippen LogP contribution in [0.1, 0.15) is 57.3 Å². The SMILES string of the molecule is CCCCCOc1ccc(Cl)cc1C=C(C#N)C(=O)Nc1sc(C(N)=O)c(C)c1C(=O)OC. The van der Waals surface area contributed by atoms with Crippen LogP contribution in [0.5, 0.6) is 5.75 Å². The van der Waals surface area contributed by atoms with Gasteiger partial charge in [-0.2, -0.15) is 5.26 Å². The number of methoxy groups -OCH3 is 1. The molecule has 3 N–H and O–H groups in total. The zero-order valence-corrected chi connectivity index (χ0v) is 20.1. The highest BCUT2D eigenvalue weighted by Gasteiger charge is 2.26. The van der Waals surface area contributed by atoms with Crippen LogP contribution in [0, 0.1) is 18.3 Å². The second-order valence-corrected chi connectivity index (χ2v) is 8.43. The van der Waals surface area contributed by atoms with Gasteiger partial charge in [-0.1, -0.05) is 31.4 Å². The van der Waals surface area contributed by atoms with Gasteiger partial charge in [0.05, 0.1) is 24.2 Å². The highest BCUT2D eigenvalue weighted by atomic mass is 35.5. The number of nitrogens with two attached hydrogens (primary N) is 1. The van der Waals surface area contributed by atoms with Crippen molar-refractivity contribution in [2.24, 2.45) is 5.73 Å². The van der Waals surface area contributed by atoms with Crippen molar-refractivity contribution >= 4 is 51.8 Å². The number of halogens is 1. The van der Waals surface area contributed by atoms with Crippen molar-refractivity contribution in [2.45, 2.75) is 33.1 Å². The number of benzene rings is 1. The summed E-state index contributed by atoms with van der Waals surface area (Å²) in [6.45, 7) is 4.09. The Morgan fingerprint density at radius 3 is 2.64 bits per heavy atom. The summed E-state index contributed by atoms with van der Waals surface area (Å²) in [7, 11) is 1.18. The molecule has 0 spiro atoms. The van der Waals surface area contributed by atoms with E-state index in [-0.39, 0.29) is 26.6 Å². The molecule has 0 aliphatic carbocycles. The summed E-state index contributed by atoms with van der Waals surface area (Å²) < 4.78 is 10.5. The number of thiophene rings is 1. The molecule has 0 fully saturated rings. The summed E-state index contributed by atoms with van der Waals surface area (Å²) >= 11 is 6.93. The minimum Gasteiger partial charge on any atom is -0.493 e. The number of esters is 1. The molecule has 1 aromatic carbocycles. The minimum absolute atomic E-state index is 0.00430. The zero-order chi connectivity index (χ0) is 24.5. The fraction of sp³-hybridized carbons (Fsp3) is 0.304. The summed E-state index contributed by atoms with van der Waals surface area (Å²) in [6.07, 6.45) is 4.27. The van der Waals surface area contributed by atoms with E-state index in [1.54, 1.807) is 18.2 Å². The molecule has 174 valence electrons. The summed E-state index contributed by atoms with van der Waals surface area (Å²) in [5.74, 6) is -1.79. The van der Waals surface area contributed by atoms with E-state index in [0.717, 1.165) is 30.6 Å². The maximum absolute atomic E-state index is 12.9. The third kappa shape index (κ3) is 6.57. The lowest BCUT2D eigenvalue weighted by Crippen LogP contribution is -2.15. The van der Waals surface area contributed by atoms with Crippen LogP contribution in [0.25, 0.3) is 6.08 Å². The molecule has 0 atom stereocenters. The molecule has 0 radical (unpaired) electrons. The number of rotatable bonds is 10. The second kappa shape index (κ2) is 12.0. The standard InChI is InChI=1S/C23H24ClN3O5S/c1-4-5-6-9-32-17-8-7-16(24)11-14(17)10-15(12-25)21(29)27-22-18(23(30)31-3)13(2)19(33-22)20(26)28/h7-8,10-11H,4-6,9H2,1-3H3,(H2,26,28)(H,27,29). The van der Waals surface area contributed by atoms with E-state index in [1.165, 1.54) is 20.1 Å². The monoisotopic (exact) mass is 489 g/mol. The van der Waals surface area contributed by atoms with Crippen molar-refractivity contribution in [3.05, 3.63) is 50.4 Å². The van der Waals surface area contributed by atoms with Crippen molar-refractivity contribution in [3.8, 4) is 11.8 Å². The third-order valence-corrected chi connectivity index (χ3v) is 6.09. The van der Waals surface area contributed by atoms with Crippen LogP contribution < -0.4 is 15.8 Å². The number of anilines is 1. The summed E-state index contributed by atoms with van der Waals surface area (Å²) in [5, 5.41) is 12.6. The van der Waals surface area contributed by atoms with Gasteiger partial charge in [-0.15, -0.1) is 11.3 Å². The molecule has 1 heterocycles. The van der Waals surface area contributed by atoms with Gasteiger partial charge in [0.1, 0.15) is 22.4 Å². The van der Waals surface area contributed by atoms with Gasteiger partial charge in [-0.05, 0) is 43.2 Å². The van der Waals surface area contributed by atoms with Crippen LogP contribution in [0.3, 0.4) is 0 Å². The first-order valence-corrected chi connectivity index (χ1v) is 11.3. The molecule has 2 aromatic rings. The fourth-order valence-corrected chi connectivity index (χ4v) is 4.18. The second-order valence-electron chi connectivity index (χ2n) is 6.98. The van der Waals surface area contributed by atoms with Crippen LogP contribution in [0.4, 0.5) is 5.00 Å². The summed E-state index contributed by atoms with van der Waals surface area (Å²) in [6, 6.07) is 6.76. The van der Waals surface area contributed by atoms with Crippen molar-refractivity contribution in [1.29, 1.82) is 5.26 Å². The van der Waals surface area contributed by atoms with E-state index in [4.69, 9.17) is 26.8 Å². The molecule has 0 aliphatic heterocycles. The van der Waals surface area contributed by atoms with Crippen molar-refractivity contribution in [3.63, 3.8) is 0 Å². The number of nitriles is 1. The third-order valence-electron chi connectivity index (χ3n) is 4.63. The number of primary amides is 1. The number of amides is 2. The van der Waals surface area contributed by atoms with Crippen LogP contribution in [0.15, 0.2) is 23.8 Å². The molecule has 2 rings (SSSR count). The number of unbranched alkanes of at least 4 members (excludes halogenated alkanes) is 2. The Labute approximate surface area is 200 Å². The van der Waals surface area contributed by atoms with Gasteiger partial charge in [0, 0.05) is 10.6 Å². The number of nitrogens with one attached hydrogen (secondary N) is 1. The Bertz CT molecular complexity index is 1130. The first-order chi connectivity index (χ1) is 15.7. The predicted octanol–water partition coefficient (Wildman–Crippen LogP) is 4.71. The lowest BCUT2D eigenvalue weighted by molar-refractivity contribution is -0.112. The Morgan fingerprint density at radius 2 is 2.03 bits per heavy atom. The average molecular weight is 490 g/mol. The van der Waals surface area contributed by atoms with Gasteiger partial charge in [0.25, 0.3) is 11.8 Å². The topological polar surface area (TPSA) is 132 Å². The van der Waals surface area contributed by atoms with Gasteiger partial charge in [0.15, 0.2) is 0 Å². The van der Waals surface area contributed by atoms with E-state index >= 15 is 0 Å². The Kier molecular flexibility index (Phi) is 9.45. The first-order valence-electron chi connectivity index (χ1n) is 10.1. The number of carbonyl (C=O) groups excluding carboxylic acids is 3. The van der Waals surface area contributed by atoms with Crippen LogP contribution in [-0.2, 0) is 9.53 Å². The van der Waals surface area contributed by atoms with E-state index in [2.05, 4.69) is 12.2 Å². The molecule has 10 heteroatoms. The van der Waals surface area contributed by atoms with Crippen LogP contribution in [0.2, 0.25) is 5.02 Å². The molecule has 0 unspecified atom stereocenters. The molecule has 2 amide bonds. The maximum atomic E-state index is 12.9. The maximum Gasteiger partial charge on any atom is 0.341 e. The number of hydrogen-bond donors (Lipinski definition) is 2. The lowest BCUT2D eigenvalue weighted by Gasteiger charge is -2.10. The molecule has 8 nitrogen and oxygen atoms in total. The van der Waals surface area contributed by atoms with Crippen LogP contribution in [-0.4, -0.2) is 31.5 Å². The van der Waals surface area contributed by atoms with E-state index in [9.17, 15) is 19.6 Å².